The van der Waals surface area contributed by atoms with E-state index in [4.69, 9.17) is 21.1 Å². The third-order valence-corrected chi connectivity index (χ3v) is 3.69. The van der Waals surface area contributed by atoms with Gasteiger partial charge in [-0.15, -0.1) is 0 Å². The first-order valence-electron chi connectivity index (χ1n) is 7.58. The molecule has 1 saturated heterocycles. The summed E-state index contributed by atoms with van der Waals surface area (Å²) in [6, 6.07) is 7.01. The molecule has 1 aromatic rings. The van der Waals surface area contributed by atoms with Crippen LogP contribution in [0.25, 0.3) is 6.08 Å². The first-order valence-corrected chi connectivity index (χ1v) is 7.95. The quantitative estimate of drug-likeness (QED) is 0.641. The standard InChI is InChI=1S/C17H19ClN2O3/c1-2-22-16-6-5-14(18)9-12(16)8-13(10-19)17(21)20-11-15-4-3-7-23-15/h5-6,8-9,15H,2-4,7,11H2,1H3,(H,20,21)/b13-8+/t15-/m1/s1. The van der Waals surface area contributed by atoms with Gasteiger partial charge in [-0.05, 0) is 44.0 Å². The predicted molar refractivity (Wildman–Crippen MR) is 88.2 cm³/mol. The number of carbonyl (C=O) groups excluding carboxylic acids is 1. The Balaban J connectivity index is 2.12. The Hall–Kier alpha value is -2.03. The van der Waals surface area contributed by atoms with E-state index in [1.807, 2.05) is 13.0 Å². The molecule has 0 saturated carbocycles. The SMILES string of the molecule is CCOc1ccc(Cl)cc1/C=C(\C#N)C(=O)NC[C@H]1CCCO1. The summed E-state index contributed by atoms with van der Waals surface area (Å²) in [6.07, 6.45) is 3.45. The van der Waals surface area contributed by atoms with E-state index in [-0.39, 0.29) is 11.7 Å². The highest BCUT2D eigenvalue weighted by Crippen LogP contribution is 2.25. The number of nitrogens with zero attached hydrogens (tertiary/aromatic N) is 1. The normalized spacial score (nSPS) is 17.6. The highest BCUT2D eigenvalue weighted by Gasteiger charge is 2.18. The van der Waals surface area contributed by atoms with E-state index in [1.165, 1.54) is 6.08 Å². The van der Waals surface area contributed by atoms with Crippen LogP contribution >= 0.6 is 11.6 Å². The Morgan fingerprint density at radius 1 is 1.61 bits per heavy atom. The molecule has 5 nitrogen and oxygen atoms in total. The number of nitriles is 1. The van der Waals surface area contributed by atoms with Crippen molar-refractivity contribution in [2.75, 3.05) is 19.8 Å². The van der Waals surface area contributed by atoms with E-state index < -0.39 is 5.91 Å². The van der Waals surface area contributed by atoms with Gasteiger partial charge in [-0.1, -0.05) is 11.6 Å². The number of ether oxygens (including phenoxy) is 2. The second-order valence-corrected chi connectivity index (χ2v) is 5.57. The molecule has 122 valence electrons. The van der Waals surface area contributed by atoms with E-state index in [2.05, 4.69) is 5.32 Å². The van der Waals surface area contributed by atoms with Gasteiger partial charge in [0.1, 0.15) is 17.4 Å². The van der Waals surface area contributed by atoms with Crippen molar-refractivity contribution in [2.45, 2.75) is 25.9 Å². The van der Waals surface area contributed by atoms with Crippen LogP contribution in [0.15, 0.2) is 23.8 Å². The summed E-state index contributed by atoms with van der Waals surface area (Å²) in [4.78, 5) is 12.2. The minimum atomic E-state index is -0.426. The summed E-state index contributed by atoms with van der Waals surface area (Å²) >= 11 is 5.99. The lowest BCUT2D eigenvalue weighted by Crippen LogP contribution is -2.32. The van der Waals surface area contributed by atoms with Crippen LogP contribution in [0.1, 0.15) is 25.3 Å². The molecule has 1 N–H and O–H groups in total. The number of carbonyl (C=O) groups is 1. The Morgan fingerprint density at radius 3 is 3.09 bits per heavy atom. The summed E-state index contributed by atoms with van der Waals surface area (Å²) < 4.78 is 10.9. The van der Waals surface area contributed by atoms with Crippen molar-refractivity contribution in [3.8, 4) is 11.8 Å². The zero-order chi connectivity index (χ0) is 16.7. The molecule has 6 heteroatoms. The van der Waals surface area contributed by atoms with Gasteiger partial charge >= 0.3 is 0 Å². The van der Waals surface area contributed by atoms with Crippen molar-refractivity contribution in [1.82, 2.24) is 5.32 Å². The second-order valence-electron chi connectivity index (χ2n) is 5.13. The first kappa shape index (κ1) is 17.3. The molecule has 1 amide bonds. The highest BCUT2D eigenvalue weighted by atomic mass is 35.5. The molecule has 2 rings (SSSR count). The van der Waals surface area contributed by atoms with E-state index in [0.29, 0.717) is 29.5 Å². The summed E-state index contributed by atoms with van der Waals surface area (Å²) in [5.74, 6) is 0.155. The van der Waals surface area contributed by atoms with Crippen molar-refractivity contribution in [2.24, 2.45) is 0 Å². The first-order chi connectivity index (χ1) is 11.1. The Labute approximate surface area is 140 Å². The third kappa shape index (κ3) is 4.98. The molecule has 1 aromatic carbocycles. The van der Waals surface area contributed by atoms with Crippen LogP contribution in [0.4, 0.5) is 0 Å². The number of benzene rings is 1. The lowest BCUT2D eigenvalue weighted by molar-refractivity contribution is -0.117. The molecule has 0 aromatic heterocycles. The molecule has 1 heterocycles. The highest BCUT2D eigenvalue weighted by molar-refractivity contribution is 6.30. The van der Waals surface area contributed by atoms with Crippen molar-refractivity contribution >= 4 is 23.6 Å². The van der Waals surface area contributed by atoms with Gasteiger partial charge in [-0.2, -0.15) is 5.26 Å². The number of halogens is 1. The van der Waals surface area contributed by atoms with Gasteiger partial charge in [0, 0.05) is 23.7 Å². The number of hydrogen-bond acceptors (Lipinski definition) is 4. The van der Waals surface area contributed by atoms with E-state index in [9.17, 15) is 10.1 Å². The van der Waals surface area contributed by atoms with Crippen LogP contribution in [0, 0.1) is 11.3 Å². The number of nitrogens with one attached hydrogen (secondary N) is 1. The summed E-state index contributed by atoms with van der Waals surface area (Å²) in [5.41, 5.74) is 0.606. The minimum absolute atomic E-state index is 0.00576. The van der Waals surface area contributed by atoms with E-state index >= 15 is 0 Å². The predicted octanol–water partition coefficient (Wildman–Crippen LogP) is 2.94. The van der Waals surface area contributed by atoms with Crippen molar-refractivity contribution in [1.29, 1.82) is 5.26 Å². The molecule has 23 heavy (non-hydrogen) atoms. The molecule has 1 fully saturated rings. The Bertz CT molecular complexity index is 631. The van der Waals surface area contributed by atoms with Gasteiger partial charge in [0.25, 0.3) is 5.91 Å². The zero-order valence-corrected chi connectivity index (χ0v) is 13.7. The molecule has 1 aliphatic heterocycles. The molecule has 0 spiro atoms. The minimum Gasteiger partial charge on any atom is -0.493 e. The fraction of sp³-hybridized carbons (Fsp3) is 0.412. The van der Waals surface area contributed by atoms with Crippen LogP contribution in [0.3, 0.4) is 0 Å². The van der Waals surface area contributed by atoms with Gasteiger partial charge in [-0.3, -0.25) is 4.79 Å². The number of hydrogen-bond donors (Lipinski definition) is 1. The fourth-order valence-electron chi connectivity index (χ4n) is 2.33. The van der Waals surface area contributed by atoms with Gasteiger partial charge in [0.2, 0.25) is 0 Å². The molecule has 1 aliphatic rings. The summed E-state index contributed by atoms with van der Waals surface area (Å²) in [5, 5.41) is 12.5. The van der Waals surface area contributed by atoms with Crippen molar-refractivity contribution < 1.29 is 14.3 Å². The summed E-state index contributed by atoms with van der Waals surface area (Å²) in [6.45, 7) is 3.48. The lowest BCUT2D eigenvalue weighted by atomic mass is 10.1. The molecular formula is C17H19ClN2O3. The van der Waals surface area contributed by atoms with Gasteiger partial charge in [0.05, 0.1) is 12.7 Å². The van der Waals surface area contributed by atoms with Crippen molar-refractivity contribution in [3.63, 3.8) is 0 Å². The Morgan fingerprint density at radius 2 is 2.43 bits per heavy atom. The molecule has 0 bridgehead atoms. The van der Waals surface area contributed by atoms with Crippen LogP contribution in [-0.2, 0) is 9.53 Å². The lowest BCUT2D eigenvalue weighted by Gasteiger charge is -2.11. The molecule has 0 unspecified atom stereocenters. The Kier molecular flexibility index (Phi) is 6.45. The van der Waals surface area contributed by atoms with Gasteiger partial charge < -0.3 is 14.8 Å². The van der Waals surface area contributed by atoms with Crippen LogP contribution in [-0.4, -0.2) is 31.8 Å². The molecule has 0 radical (unpaired) electrons. The number of rotatable bonds is 6. The maximum absolute atomic E-state index is 12.2. The van der Waals surface area contributed by atoms with E-state index in [1.54, 1.807) is 18.2 Å². The number of amides is 1. The van der Waals surface area contributed by atoms with Crippen molar-refractivity contribution in [3.05, 3.63) is 34.4 Å². The fourth-order valence-corrected chi connectivity index (χ4v) is 2.51. The maximum Gasteiger partial charge on any atom is 0.262 e. The maximum atomic E-state index is 12.2. The monoisotopic (exact) mass is 334 g/mol. The average Bonchev–Trinajstić information content (AvgIpc) is 3.06. The average molecular weight is 335 g/mol. The van der Waals surface area contributed by atoms with Crippen LogP contribution in [0.5, 0.6) is 5.75 Å². The molecule has 1 atom stereocenters. The molecule has 0 aliphatic carbocycles. The largest absolute Gasteiger partial charge is 0.493 e. The van der Waals surface area contributed by atoms with Gasteiger partial charge in [-0.25, -0.2) is 0 Å². The van der Waals surface area contributed by atoms with Gasteiger partial charge in [0.15, 0.2) is 0 Å². The zero-order valence-electron chi connectivity index (χ0n) is 13.0. The van der Waals surface area contributed by atoms with Crippen LogP contribution in [0.2, 0.25) is 5.02 Å². The topological polar surface area (TPSA) is 71.3 Å². The third-order valence-electron chi connectivity index (χ3n) is 3.45. The smallest absolute Gasteiger partial charge is 0.262 e. The summed E-state index contributed by atoms with van der Waals surface area (Å²) in [7, 11) is 0. The molecular weight excluding hydrogens is 316 g/mol. The van der Waals surface area contributed by atoms with Crippen LogP contribution < -0.4 is 10.1 Å². The van der Waals surface area contributed by atoms with E-state index in [0.717, 1.165) is 19.4 Å². The second kappa shape index (κ2) is 8.56.